The van der Waals surface area contributed by atoms with E-state index in [4.69, 9.17) is 4.42 Å². The van der Waals surface area contributed by atoms with E-state index in [0.29, 0.717) is 12.3 Å². The molecule has 0 saturated heterocycles. The molecule has 0 amide bonds. The molecule has 3 rings (SSSR count). The van der Waals surface area contributed by atoms with Crippen molar-refractivity contribution in [3.05, 3.63) is 65.5 Å². The summed E-state index contributed by atoms with van der Waals surface area (Å²) < 4.78 is 5.62. The standard InChI is InChI=1S/C16H15NO2/c1-11-5-4-6-12(9-11)14(18)10-16-17-13-7-2-3-8-15(13)19-16/h2-9,14,18H,10H2,1H3. The normalized spacial score (nSPS) is 12.7. The number of oxazole rings is 1. The van der Waals surface area contributed by atoms with Crippen LogP contribution in [0.25, 0.3) is 11.1 Å². The van der Waals surface area contributed by atoms with Crippen molar-refractivity contribution in [3.8, 4) is 0 Å². The van der Waals surface area contributed by atoms with Crippen LogP contribution in [0.5, 0.6) is 0 Å². The highest BCUT2D eigenvalue weighted by Crippen LogP contribution is 2.21. The second-order valence-corrected chi connectivity index (χ2v) is 4.71. The fourth-order valence-corrected chi connectivity index (χ4v) is 2.17. The molecule has 0 radical (unpaired) electrons. The minimum atomic E-state index is -0.590. The van der Waals surface area contributed by atoms with Gasteiger partial charge in [0.05, 0.1) is 12.5 Å². The number of hydrogen-bond acceptors (Lipinski definition) is 3. The molecule has 19 heavy (non-hydrogen) atoms. The van der Waals surface area contributed by atoms with E-state index in [1.54, 1.807) is 0 Å². The van der Waals surface area contributed by atoms with Gasteiger partial charge in [-0.15, -0.1) is 0 Å². The van der Waals surface area contributed by atoms with Gasteiger partial charge in [0, 0.05) is 0 Å². The maximum Gasteiger partial charge on any atom is 0.198 e. The first-order chi connectivity index (χ1) is 9.22. The fraction of sp³-hybridized carbons (Fsp3) is 0.188. The number of fused-ring (bicyclic) bond motifs is 1. The van der Waals surface area contributed by atoms with E-state index in [1.807, 2.05) is 55.5 Å². The zero-order valence-electron chi connectivity index (χ0n) is 10.7. The Balaban J connectivity index is 1.84. The lowest BCUT2D eigenvalue weighted by molar-refractivity contribution is 0.169. The Kier molecular flexibility index (Phi) is 3.05. The van der Waals surface area contributed by atoms with E-state index in [9.17, 15) is 5.11 Å². The highest BCUT2D eigenvalue weighted by Gasteiger charge is 2.13. The van der Waals surface area contributed by atoms with E-state index in [0.717, 1.165) is 22.2 Å². The van der Waals surface area contributed by atoms with Gasteiger partial charge >= 0.3 is 0 Å². The van der Waals surface area contributed by atoms with E-state index in [2.05, 4.69) is 4.98 Å². The predicted molar refractivity (Wildman–Crippen MR) is 73.9 cm³/mol. The summed E-state index contributed by atoms with van der Waals surface area (Å²) in [6.07, 6.45) is -0.203. The van der Waals surface area contributed by atoms with Crippen molar-refractivity contribution in [1.29, 1.82) is 0 Å². The van der Waals surface area contributed by atoms with Crippen LogP contribution in [0.1, 0.15) is 23.1 Å². The molecular weight excluding hydrogens is 238 g/mol. The fourth-order valence-electron chi connectivity index (χ4n) is 2.17. The lowest BCUT2D eigenvalue weighted by Crippen LogP contribution is -2.02. The lowest BCUT2D eigenvalue weighted by Gasteiger charge is -2.09. The van der Waals surface area contributed by atoms with Crippen LogP contribution in [0.3, 0.4) is 0 Å². The van der Waals surface area contributed by atoms with E-state index < -0.39 is 6.10 Å². The van der Waals surface area contributed by atoms with Gasteiger partial charge in [-0.25, -0.2) is 4.98 Å². The van der Waals surface area contributed by atoms with Gasteiger partial charge in [0.25, 0.3) is 0 Å². The van der Waals surface area contributed by atoms with Crippen molar-refractivity contribution < 1.29 is 9.52 Å². The van der Waals surface area contributed by atoms with Gasteiger partial charge in [0.2, 0.25) is 0 Å². The zero-order valence-corrected chi connectivity index (χ0v) is 10.7. The van der Waals surface area contributed by atoms with Crippen LogP contribution in [-0.4, -0.2) is 10.1 Å². The first-order valence-electron chi connectivity index (χ1n) is 6.31. The first-order valence-corrected chi connectivity index (χ1v) is 6.31. The summed E-state index contributed by atoms with van der Waals surface area (Å²) in [4.78, 5) is 4.37. The number of benzene rings is 2. The summed E-state index contributed by atoms with van der Waals surface area (Å²) in [7, 11) is 0. The average Bonchev–Trinajstić information content (AvgIpc) is 2.80. The van der Waals surface area contributed by atoms with Gasteiger partial charge in [-0.1, -0.05) is 42.0 Å². The van der Waals surface area contributed by atoms with E-state index >= 15 is 0 Å². The van der Waals surface area contributed by atoms with E-state index in [-0.39, 0.29) is 0 Å². The SMILES string of the molecule is Cc1cccc(C(O)Cc2nc3ccccc3o2)c1. The number of aryl methyl sites for hydroxylation is 1. The van der Waals surface area contributed by atoms with Gasteiger partial charge in [-0.3, -0.25) is 0 Å². The number of nitrogens with zero attached hydrogens (tertiary/aromatic N) is 1. The number of para-hydroxylation sites is 2. The highest BCUT2D eigenvalue weighted by atomic mass is 16.4. The molecule has 0 saturated carbocycles. The molecule has 1 aromatic heterocycles. The smallest absolute Gasteiger partial charge is 0.198 e. The van der Waals surface area contributed by atoms with E-state index in [1.165, 1.54) is 0 Å². The molecule has 1 unspecified atom stereocenters. The topological polar surface area (TPSA) is 46.3 Å². The molecule has 0 spiro atoms. The molecule has 3 heteroatoms. The third-order valence-corrected chi connectivity index (χ3v) is 3.13. The van der Waals surface area contributed by atoms with Crippen LogP contribution in [0.2, 0.25) is 0 Å². The Bertz CT molecular complexity index is 670. The molecule has 2 aromatic carbocycles. The first kappa shape index (κ1) is 11.9. The highest BCUT2D eigenvalue weighted by molar-refractivity contribution is 5.72. The van der Waals surface area contributed by atoms with Crippen LogP contribution >= 0.6 is 0 Å². The third kappa shape index (κ3) is 2.51. The molecular formula is C16H15NO2. The van der Waals surface area contributed by atoms with Crippen molar-refractivity contribution in [1.82, 2.24) is 4.98 Å². The Morgan fingerprint density at radius 3 is 2.79 bits per heavy atom. The van der Waals surface area contributed by atoms with Gasteiger partial charge in [-0.05, 0) is 24.6 Å². The second kappa shape index (κ2) is 4.86. The summed E-state index contributed by atoms with van der Waals surface area (Å²) in [5.74, 6) is 0.565. The summed E-state index contributed by atoms with van der Waals surface area (Å²) in [6.45, 7) is 2.01. The number of aromatic nitrogens is 1. The molecule has 1 atom stereocenters. The van der Waals surface area contributed by atoms with Crippen molar-refractivity contribution in [2.45, 2.75) is 19.4 Å². The van der Waals surface area contributed by atoms with Crippen LogP contribution in [0.15, 0.2) is 52.9 Å². The molecule has 0 bridgehead atoms. The van der Waals surface area contributed by atoms with Gasteiger partial charge in [0.15, 0.2) is 11.5 Å². The van der Waals surface area contributed by atoms with Crippen LogP contribution in [0, 0.1) is 6.92 Å². The Labute approximate surface area is 111 Å². The zero-order chi connectivity index (χ0) is 13.2. The van der Waals surface area contributed by atoms with Crippen molar-refractivity contribution in [2.75, 3.05) is 0 Å². The number of aliphatic hydroxyl groups is 1. The molecule has 1 heterocycles. The van der Waals surface area contributed by atoms with Crippen molar-refractivity contribution in [2.24, 2.45) is 0 Å². The number of rotatable bonds is 3. The molecule has 0 aliphatic carbocycles. The second-order valence-electron chi connectivity index (χ2n) is 4.71. The molecule has 0 aliphatic heterocycles. The van der Waals surface area contributed by atoms with Crippen LogP contribution < -0.4 is 0 Å². The molecule has 96 valence electrons. The minimum absolute atomic E-state index is 0.387. The van der Waals surface area contributed by atoms with Gasteiger partial charge < -0.3 is 9.52 Å². The maximum atomic E-state index is 10.2. The molecule has 1 N–H and O–H groups in total. The lowest BCUT2D eigenvalue weighted by atomic mass is 10.0. The Hall–Kier alpha value is -2.13. The van der Waals surface area contributed by atoms with Crippen molar-refractivity contribution in [3.63, 3.8) is 0 Å². The molecule has 0 aliphatic rings. The van der Waals surface area contributed by atoms with Crippen molar-refractivity contribution >= 4 is 11.1 Å². The van der Waals surface area contributed by atoms with Crippen LogP contribution in [-0.2, 0) is 6.42 Å². The summed E-state index contributed by atoms with van der Waals surface area (Å²) >= 11 is 0. The Morgan fingerprint density at radius 2 is 2.00 bits per heavy atom. The number of aliphatic hydroxyl groups excluding tert-OH is 1. The third-order valence-electron chi connectivity index (χ3n) is 3.13. The minimum Gasteiger partial charge on any atom is -0.441 e. The van der Waals surface area contributed by atoms with Gasteiger partial charge in [0.1, 0.15) is 5.52 Å². The quantitative estimate of drug-likeness (QED) is 0.778. The number of hydrogen-bond donors (Lipinski definition) is 1. The largest absolute Gasteiger partial charge is 0.441 e. The maximum absolute atomic E-state index is 10.2. The van der Waals surface area contributed by atoms with Gasteiger partial charge in [-0.2, -0.15) is 0 Å². The average molecular weight is 253 g/mol. The molecule has 0 fully saturated rings. The predicted octanol–water partition coefficient (Wildman–Crippen LogP) is 3.41. The van der Waals surface area contributed by atoms with Crippen LogP contribution in [0.4, 0.5) is 0 Å². The summed E-state index contributed by atoms with van der Waals surface area (Å²) in [5, 5.41) is 10.2. The molecule has 3 aromatic rings. The Morgan fingerprint density at radius 1 is 1.16 bits per heavy atom. The molecule has 3 nitrogen and oxygen atoms in total. The summed E-state index contributed by atoms with van der Waals surface area (Å²) in [6, 6.07) is 15.5. The monoisotopic (exact) mass is 253 g/mol. The summed E-state index contributed by atoms with van der Waals surface area (Å²) in [5.41, 5.74) is 3.61.